The van der Waals surface area contributed by atoms with E-state index in [-0.39, 0.29) is 0 Å². The van der Waals surface area contributed by atoms with Gasteiger partial charge in [-0.05, 0) is 54.7 Å². The average molecular weight is 325 g/mol. The Hall–Kier alpha value is -1.72. The third-order valence-corrected chi connectivity index (χ3v) is 4.91. The van der Waals surface area contributed by atoms with Crippen molar-refractivity contribution < 1.29 is 13.2 Å². The maximum absolute atomic E-state index is 12.5. The van der Waals surface area contributed by atoms with Crippen LogP contribution < -0.4 is 10.6 Å². The van der Waals surface area contributed by atoms with E-state index in [1.165, 1.54) is 37.8 Å². The topological polar surface area (TPSA) is 36.4 Å². The zero-order valence-corrected chi connectivity index (χ0v) is 13.2. The summed E-state index contributed by atoms with van der Waals surface area (Å²) in [6.45, 7) is 1.39. The predicted octanol–water partition coefficient (Wildman–Crippen LogP) is 3.56. The Balaban J connectivity index is 1.48. The van der Waals surface area contributed by atoms with Crippen molar-refractivity contribution in [3.8, 4) is 0 Å². The lowest BCUT2D eigenvalue weighted by Crippen LogP contribution is -2.40. The molecule has 0 aromatic heterocycles. The molecule has 0 aliphatic heterocycles. The minimum atomic E-state index is -4.29. The number of hydrogen-bond donors (Lipinski definition) is 2. The van der Waals surface area contributed by atoms with E-state index in [2.05, 4.69) is 15.6 Å². The van der Waals surface area contributed by atoms with E-state index in [1.807, 2.05) is 0 Å². The van der Waals surface area contributed by atoms with Gasteiger partial charge in [-0.15, -0.1) is 0 Å². The summed E-state index contributed by atoms with van der Waals surface area (Å²) < 4.78 is 37.6. The van der Waals surface area contributed by atoms with Crippen molar-refractivity contribution in [1.82, 2.24) is 10.6 Å². The van der Waals surface area contributed by atoms with Gasteiger partial charge in [0.2, 0.25) is 0 Å². The normalized spacial score (nSPS) is 20.3. The van der Waals surface area contributed by atoms with Gasteiger partial charge in [0, 0.05) is 20.1 Å². The Kier molecular flexibility index (Phi) is 4.25. The number of nitrogens with zero attached hydrogens (tertiary/aromatic N) is 1. The molecule has 0 heterocycles. The maximum atomic E-state index is 12.5. The molecule has 126 valence electrons. The summed E-state index contributed by atoms with van der Waals surface area (Å²) in [7, 11) is 1.71. The Morgan fingerprint density at radius 1 is 1.17 bits per heavy atom. The molecule has 6 heteroatoms. The van der Waals surface area contributed by atoms with Crippen LogP contribution in [0.1, 0.15) is 36.8 Å². The van der Waals surface area contributed by atoms with Gasteiger partial charge in [0.15, 0.2) is 5.96 Å². The van der Waals surface area contributed by atoms with Crippen LogP contribution in [-0.4, -0.2) is 19.6 Å². The first-order valence-corrected chi connectivity index (χ1v) is 8.04. The number of benzene rings is 1. The molecule has 2 aliphatic carbocycles. The second kappa shape index (κ2) is 6.06. The highest BCUT2D eigenvalue weighted by molar-refractivity contribution is 5.79. The van der Waals surface area contributed by atoms with Crippen LogP contribution in [0.15, 0.2) is 29.3 Å². The molecular weight excluding hydrogens is 303 g/mol. The third kappa shape index (κ3) is 3.98. The number of aliphatic imine (C=N–C) groups is 1. The molecule has 3 nitrogen and oxygen atoms in total. The van der Waals surface area contributed by atoms with Gasteiger partial charge in [-0.2, -0.15) is 13.2 Å². The van der Waals surface area contributed by atoms with Crippen LogP contribution in [0.5, 0.6) is 0 Å². The van der Waals surface area contributed by atoms with E-state index in [1.54, 1.807) is 7.05 Å². The molecule has 2 fully saturated rings. The fourth-order valence-corrected chi connectivity index (χ4v) is 3.06. The van der Waals surface area contributed by atoms with Crippen molar-refractivity contribution in [3.63, 3.8) is 0 Å². The summed E-state index contributed by atoms with van der Waals surface area (Å²) in [5, 5.41) is 6.52. The number of alkyl halides is 3. The van der Waals surface area contributed by atoms with Crippen molar-refractivity contribution in [2.75, 3.05) is 13.6 Å². The Morgan fingerprint density at radius 3 is 2.30 bits per heavy atom. The zero-order chi connectivity index (χ0) is 16.5. The summed E-state index contributed by atoms with van der Waals surface area (Å²) in [6, 6.07) is 5.21. The minimum absolute atomic E-state index is 0.453. The first-order valence-electron chi connectivity index (χ1n) is 8.04. The summed E-state index contributed by atoms with van der Waals surface area (Å²) in [5.41, 5.74) is 0.652. The lowest BCUT2D eigenvalue weighted by atomic mass is 10.0. The van der Waals surface area contributed by atoms with Gasteiger partial charge in [-0.1, -0.05) is 12.1 Å². The molecule has 2 saturated carbocycles. The molecule has 2 aliphatic rings. The second-order valence-corrected chi connectivity index (χ2v) is 6.61. The molecule has 23 heavy (non-hydrogen) atoms. The summed E-state index contributed by atoms with van der Waals surface area (Å²) in [4.78, 5) is 4.18. The van der Waals surface area contributed by atoms with Crippen LogP contribution in [0.25, 0.3) is 0 Å². The monoisotopic (exact) mass is 325 g/mol. The number of halogens is 3. The average Bonchev–Trinajstić information content (AvgIpc) is 3.39. The highest BCUT2D eigenvalue weighted by Crippen LogP contribution is 2.60. The molecule has 0 atom stereocenters. The van der Waals surface area contributed by atoms with Gasteiger partial charge in [0.05, 0.1) is 5.56 Å². The van der Waals surface area contributed by atoms with Crippen LogP contribution in [0.3, 0.4) is 0 Å². The molecule has 0 spiro atoms. The fraction of sp³-hybridized carbons (Fsp3) is 0.588. The lowest BCUT2D eigenvalue weighted by Gasteiger charge is -2.18. The summed E-state index contributed by atoms with van der Waals surface area (Å²) in [5.74, 6) is 1.58. The molecule has 1 aromatic rings. The lowest BCUT2D eigenvalue weighted by molar-refractivity contribution is -0.137. The van der Waals surface area contributed by atoms with Crippen LogP contribution in [0, 0.1) is 11.3 Å². The van der Waals surface area contributed by atoms with E-state index < -0.39 is 11.7 Å². The highest BCUT2D eigenvalue weighted by atomic mass is 19.4. The molecule has 3 rings (SSSR count). The van der Waals surface area contributed by atoms with Gasteiger partial charge >= 0.3 is 6.18 Å². The van der Waals surface area contributed by atoms with E-state index in [0.29, 0.717) is 17.9 Å². The Labute approximate surface area is 134 Å². The number of guanidine groups is 1. The molecule has 0 radical (unpaired) electrons. The Bertz CT molecular complexity index is 570. The van der Waals surface area contributed by atoms with Crippen molar-refractivity contribution >= 4 is 5.96 Å². The number of nitrogens with one attached hydrogen (secondary N) is 2. The molecule has 2 N–H and O–H groups in total. The second-order valence-electron chi connectivity index (χ2n) is 6.61. The molecule has 0 bridgehead atoms. The van der Waals surface area contributed by atoms with Gasteiger partial charge < -0.3 is 10.6 Å². The van der Waals surface area contributed by atoms with Crippen LogP contribution >= 0.6 is 0 Å². The molecular formula is C17H22F3N3. The van der Waals surface area contributed by atoms with E-state index >= 15 is 0 Å². The molecule has 0 unspecified atom stereocenters. The van der Waals surface area contributed by atoms with Gasteiger partial charge in [0.25, 0.3) is 0 Å². The largest absolute Gasteiger partial charge is 0.416 e. The Morgan fingerprint density at radius 2 is 1.83 bits per heavy atom. The van der Waals surface area contributed by atoms with Gasteiger partial charge in [0.1, 0.15) is 0 Å². The van der Waals surface area contributed by atoms with Crippen LogP contribution in [-0.2, 0) is 12.7 Å². The third-order valence-electron chi connectivity index (χ3n) is 4.91. The SMILES string of the molecule is CN=C(NCc1ccc(C(F)(F)F)cc1)NCC1(C2CC2)CC1. The standard InChI is InChI=1S/C17H22F3N3/c1-21-15(23-11-16(8-9-16)13-6-7-13)22-10-12-2-4-14(5-3-12)17(18,19)20/h2-5,13H,6-11H2,1H3,(H2,21,22,23). The van der Waals surface area contributed by atoms with Gasteiger partial charge in [-0.3, -0.25) is 4.99 Å². The number of hydrogen-bond acceptors (Lipinski definition) is 1. The molecule has 0 saturated heterocycles. The van der Waals surface area contributed by atoms with Crippen LogP contribution in [0.2, 0.25) is 0 Å². The van der Waals surface area contributed by atoms with Crippen LogP contribution in [0.4, 0.5) is 13.2 Å². The van der Waals surface area contributed by atoms with Crippen molar-refractivity contribution in [3.05, 3.63) is 35.4 Å². The predicted molar refractivity (Wildman–Crippen MR) is 84.0 cm³/mol. The smallest absolute Gasteiger partial charge is 0.356 e. The quantitative estimate of drug-likeness (QED) is 0.641. The molecule has 1 aromatic carbocycles. The first-order chi connectivity index (χ1) is 10.9. The maximum Gasteiger partial charge on any atom is 0.416 e. The van der Waals surface area contributed by atoms with Crippen molar-refractivity contribution in [1.29, 1.82) is 0 Å². The van der Waals surface area contributed by atoms with Crippen molar-refractivity contribution in [2.45, 2.75) is 38.4 Å². The summed E-state index contributed by atoms with van der Waals surface area (Å²) >= 11 is 0. The van der Waals surface area contributed by atoms with E-state index in [0.717, 1.165) is 30.2 Å². The number of rotatable bonds is 5. The molecule has 0 amide bonds. The summed E-state index contributed by atoms with van der Waals surface area (Å²) in [6.07, 6.45) is 0.991. The zero-order valence-electron chi connectivity index (χ0n) is 13.2. The van der Waals surface area contributed by atoms with E-state index in [9.17, 15) is 13.2 Å². The first kappa shape index (κ1) is 16.1. The van der Waals surface area contributed by atoms with Crippen molar-refractivity contribution in [2.24, 2.45) is 16.3 Å². The van der Waals surface area contributed by atoms with E-state index in [4.69, 9.17) is 0 Å². The van der Waals surface area contributed by atoms with Gasteiger partial charge in [-0.25, -0.2) is 0 Å². The highest BCUT2D eigenvalue weighted by Gasteiger charge is 2.53. The minimum Gasteiger partial charge on any atom is -0.356 e. The fourth-order valence-electron chi connectivity index (χ4n) is 3.06.